The van der Waals surface area contributed by atoms with Gasteiger partial charge in [0.05, 0.1) is 16.4 Å². The second kappa shape index (κ2) is 10.3. The summed E-state index contributed by atoms with van der Waals surface area (Å²) in [4.78, 5) is 30.0. The highest BCUT2D eigenvalue weighted by molar-refractivity contribution is 6.33. The van der Waals surface area contributed by atoms with E-state index in [2.05, 4.69) is 30.5 Å². The second-order valence-corrected chi connectivity index (χ2v) is 9.10. The Morgan fingerprint density at radius 1 is 0.971 bits per heavy atom. The van der Waals surface area contributed by atoms with Crippen LogP contribution in [0.4, 0.5) is 17.1 Å². The Balaban J connectivity index is 1.58. The van der Waals surface area contributed by atoms with Crippen molar-refractivity contribution < 1.29 is 9.59 Å². The standard InChI is InChI=1S/C27H29ClN4O2/c1-19(33)32(29-25-10-6-5-9-24(25)28)22-14-12-20(13-15-22)27(34)31-17-16-23(30(2)3)18-21-8-4-7-11-26(21)31/h4-15,23,29H,16-18H2,1-3H3. The summed E-state index contributed by atoms with van der Waals surface area (Å²) in [5, 5.41) is 1.93. The van der Waals surface area contributed by atoms with E-state index in [0.717, 1.165) is 18.5 Å². The van der Waals surface area contributed by atoms with Gasteiger partial charge < -0.3 is 9.80 Å². The van der Waals surface area contributed by atoms with E-state index in [1.165, 1.54) is 17.5 Å². The number of benzene rings is 3. The highest BCUT2D eigenvalue weighted by atomic mass is 35.5. The zero-order valence-electron chi connectivity index (χ0n) is 19.7. The van der Waals surface area contributed by atoms with Gasteiger partial charge in [0.25, 0.3) is 5.91 Å². The van der Waals surface area contributed by atoms with E-state index in [0.29, 0.717) is 34.5 Å². The smallest absolute Gasteiger partial charge is 0.258 e. The van der Waals surface area contributed by atoms with E-state index >= 15 is 0 Å². The van der Waals surface area contributed by atoms with Crippen LogP contribution in [0.1, 0.15) is 29.3 Å². The predicted octanol–water partition coefficient (Wildman–Crippen LogP) is 5.24. The molecule has 0 radical (unpaired) electrons. The molecular formula is C27H29ClN4O2. The van der Waals surface area contributed by atoms with Crippen LogP contribution in [0.2, 0.25) is 5.02 Å². The van der Waals surface area contributed by atoms with E-state index in [1.807, 2.05) is 35.2 Å². The Hall–Kier alpha value is -3.35. The molecule has 0 spiro atoms. The molecule has 4 rings (SSSR count). The van der Waals surface area contributed by atoms with Gasteiger partial charge in [0, 0.05) is 30.8 Å². The molecule has 2 amide bonds. The van der Waals surface area contributed by atoms with Crippen LogP contribution in [0, 0.1) is 0 Å². The van der Waals surface area contributed by atoms with Crippen LogP contribution in [0.3, 0.4) is 0 Å². The van der Waals surface area contributed by atoms with E-state index in [-0.39, 0.29) is 11.8 Å². The van der Waals surface area contributed by atoms with Crippen molar-refractivity contribution in [2.45, 2.75) is 25.8 Å². The Bertz CT molecular complexity index is 1180. The quantitative estimate of drug-likeness (QED) is 0.511. The van der Waals surface area contributed by atoms with Crippen LogP contribution in [0.25, 0.3) is 0 Å². The normalized spacial score (nSPS) is 15.4. The summed E-state index contributed by atoms with van der Waals surface area (Å²) >= 11 is 6.24. The van der Waals surface area contributed by atoms with Gasteiger partial charge in [0.1, 0.15) is 0 Å². The average molecular weight is 477 g/mol. The number of carbonyl (C=O) groups is 2. The van der Waals surface area contributed by atoms with Gasteiger partial charge in [-0.2, -0.15) is 0 Å². The van der Waals surface area contributed by atoms with Crippen LogP contribution >= 0.6 is 11.6 Å². The highest BCUT2D eigenvalue weighted by Gasteiger charge is 2.27. The minimum Gasteiger partial charge on any atom is -0.308 e. The van der Waals surface area contributed by atoms with Gasteiger partial charge in [0.2, 0.25) is 5.91 Å². The van der Waals surface area contributed by atoms with Crippen LogP contribution < -0.4 is 15.3 Å². The fourth-order valence-corrected chi connectivity index (χ4v) is 4.44. The number of nitrogens with one attached hydrogen (secondary N) is 1. The first-order valence-electron chi connectivity index (χ1n) is 11.3. The number of rotatable bonds is 5. The number of nitrogens with zero attached hydrogens (tertiary/aromatic N) is 3. The molecule has 7 heteroatoms. The van der Waals surface area contributed by atoms with Crippen molar-refractivity contribution in [1.29, 1.82) is 0 Å². The first kappa shape index (κ1) is 23.8. The number of hydrogen-bond acceptors (Lipinski definition) is 4. The first-order chi connectivity index (χ1) is 16.3. The van der Waals surface area contributed by atoms with Crippen LogP contribution in [-0.2, 0) is 11.2 Å². The molecule has 6 nitrogen and oxygen atoms in total. The van der Waals surface area contributed by atoms with Gasteiger partial charge in [0.15, 0.2) is 0 Å². The molecular weight excluding hydrogens is 448 g/mol. The monoisotopic (exact) mass is 476 g/mol. The van der Waals surface area contributed by atoms with Gasteiger partial charge in [-0.25, -0.2) is 5.01 Å². The number of carbonyl (C=O) groups excluding carboxylic acids is 2. The minimum absolute atomic E-state index is 0.0492. The van der Waals surface area contributed by atoms with E-state index in [4.69, 9.17) is 11.6 Å². The number of anilines is 3. The molecule has 1 unspecified atom stereocenters. The Morgan fingerprint density at radius 2 is 1.65 bits per heavy atom. The molecule has 34 heavy (non-hydrogen) atoms. The number of amides is 2. The summed E-state index contributed by atoms with van der Waals surface area (Å²) in [6, 6.07) is 22.8. The number of hydrazine groups is 1. The number of likely N-dealkylation sites (N-methyl/N-ethyl adjacent to an activating group) is 1. The predicted molar refractivity (Wildman–Crippen MR) is 139 cm³/mol. The van der Waals surface area contributed by atoms with Crippen LogP contribution in [-0.4, -0.2) is 43.4 Å². The molecule has 0 saturated carbocycles. The second-order valence-electron chi connectivity index (χ2n) is 8.69. The van der Waals surface area contributed by atoms with E-state index in [1.54, 1.807) is 36.4 Å². The molecule has 1 aliphatic rings. The van der Waals surface area contributed by atoms with E-state index in [9.17, 15) is 9.59 Å². The van der Waals surface area contributed by atoms with Crippen LogP contribution in [0.15, 0.2) is 72.8 Å². The average Bonchev–Trinajstić information content (AvgIpc) is 3.03. The Morgan fingerprint density at radius 3 is 2.32 bits per heavy atom. The lowest BCUT2D eigenvalue weighted by atomic mass is 10.0. The van der Waals surface area contributed by atoms with Gasteiger partial charge >= 0.3 is 0 Å². The SMILES string of the molecule is CC(=O)N(Nc1ccccc1Cl)c1ccc(C(=O)N2CCC(N(C)C)Cc3ccccc32)cc1. The summed E-state index contributed by atoms with van der Waals surface area (Å²) in [7, 11) is 4.17. The van der Waals surface area contributed by atoms with Crippen LogP contribution in [0.5, 0.6) is 0 Å². The van der Waals surface area contributed by atoms with Crippen molar-refractivity contribution in [1.82, 2.24) is 4.90 Å². The lowest BCUT2D eigenvalue weighted by molar-refractivity contribution is -0.116. The molecule has 0 bridgehead atoms. The topological polar surface area (TPSA) is 55.9 Å². The van der Waals surface area contributed by atoms with Crippen molar-refractivity contribution in [2.24, 2.45) is 0 Å². The number of fused-ring (bicyclic) bond motifs is 1. The van der Waals surface area contributed by atoms with Crippen molar-refractivity contribution in [3.05, 3.63) is 88.9 Å². The summed E-state index contributed by atoms with van der Waals surface area (Å²) in [5.74, 6) is -0.248. The molecule has 1 N–H and O–H groups in total. The Labute approximate surface area is 205 Å². The largest absolute Gasteiger partial charge is 0.308 e. The molecule has 0 aliphatic carbocycles. The lowest BCUT2D eigenvalue weighted by Crippen LogP contribution is -2.35. The van der Waals surface area contributed by atoms with Crippen molar-refractivity contribution in [2.75, 3.05) is 36.0 Å². The summed E-state index contributed by atoms with van der Waals surface area (Å²) < 4.78 is 0. The summed E-state index contributed by atoms with van der Waals surface area (Å²) in [6.07, 6.45) is 1.80. The van der Waals surface area contributed by atoms with Crippen molar-refractivity contribution in [3.63, 3.8) is 0 Å². The van der Waals surface area contributed by atoms with Gasteiger partial charge in [-0.3, -0.25) is 15.0 Å². The molecule has 0 fully saturated rings. The summed E-state index contributed by atoms with van der Waals surface area (Å²) in [6.45, 7) is 2.12. The van der Waals surface area contributed by atoms with Gasteiger partial charge in [-0.1, -0.05) is 41.9 Å². The third-order valence-electron chi connectivity index (χ3n) is 6.19. The lowest BCUT2D eigenvalue weighted by Gasteiger charge is -2.25. The molecule has 0 aromatic heterocycles. The molecule has 176 valence electrons. The molecule has 3 aromatic carbocycles. The van der Waals surface area contributed by atoms with Crippen molar-refractivity contribution >= 4 is 40.5 Å². The first-order valence-corrected chi connectivity index (χ1v) is 11.7. The summed E-state index contributed by atoms with van der Waals surface area (Å²) in [5.41, 5.74) is 7.02. The van der Waals surface area contributed by atoms with Gasteiger partial charge in [-0.05, 0) is 75.0 Å². The molecule has 3 aromatic rings. The van der Waals surface area contributed by atoms with Crippen molar-refractivity contribution in [3.8, 4) is 0 Å². The number of halogens is 1. The zero-order chi connectivity index (χ0) is 24.2. The van der Waals surface area contributed by atoms with E-state index < -0.39 is 0 Å². The molecule has 1 atom stereocenters. The third-order valence-corrected chi connectivity index (χ3v) is 6.52. The number of hydrogen-bond donors (Lipinski definition) is 1. The maximum Gasteiger partial charge on any atom is 0.258 e. The zero-order valence-corrected chi connectivity index (χ0v) is 20.4. The fourth-order valence-electron chi connectivity index (χ4n) is 4.26. The maximum atomic E-state index is 13.5. The number of para-hydroxylation sites is 2. The fraction of sp³-hybridized carbons (Fsp3) is 0.259. The molecule has 1 aliphatic heterocycles. The molecule has 0 saturated heterocycles. The third kappa shape index (κ3) is 5.08. The highest BCUT2D eigenvalue weighted by Crippen LogP contribution is 2.30. The maximum absolute atomic E-state index is 13.5. The van der Waals surface area contributed by atoms with Gasteiger partial charge in [-0.15, -0.1) is 0 Å². The minimum atomic E-state index is -0.199. The molecule has 1 heterocycles. The Kier molecular flexibility index (Phi) is 7.20.